The summed E-state index contributed by atoms with van der Waals surface area (Å²) in [6.07, 6.45) is 7.25. The SMILES string of the molecule is N[n+]1cccc(-c2ccc[n+](N)c2)c1.[Cl-].[Cl-]. The van der Waals surface area contributed by atoms with Crippen LogP contribution in [0.5, 0.6) is 0 Å². The molecule has 0 aliphatic rings. The lowest BCUT2D eigenvalue weighted by molar-refractivity contribution is -0.640. The van der Waals surface area contributed by atoms with Crippen LogP contribution < -0.4 is 45.9 Å². The second kappa shape index (κ2) is 6.15. The van der Waals surface area contributed by atoms with Crippen molar-refractivity contribution in [1.82, 2.24) is 0 Å². The molecule has 0 saturated carbocycles. The van der Waals surface area contributed by atoms with E-state index in [1.807, 2.05) is 36.7 Å². The van der Waals surface area contributed by atoms with Gasteiger partial charge in [-0.2, -0.15) is 0 Å². The summed E-state index contributed by atoms with van der Waals surface area (Å²) in [6.45, 7) is 0. The van der Waals surface area contributed by atoms with Crippen molar-refractivity contribution in [3.8, 4) is 11.1 Å². The van der Waals surface area contributed by atoms with E-state index in [-0.39, 0.29) is 24.8 Å². The fourth-order valence-corrected chi connectivity index (χ4v) is 1.33. The van der Waals surface area contributed by atoms with Crippen LogP contribution >= 0.6 is 0 Å². The number of hydrogen-bond donors (Lipinski definition) is 2. The molecule has 6 heteroatoms. The van der Waals surface area contributed by atoms with Gasteiger partial charge in [0.25, 0.3) is 0 Å². The van der Waals surface area contributed by atoms with Crippen LogP contribution in [0.2, 0.25) is 0 Å². The molecule has 0 aliphatic heterocycles. The van der Waals surface area contributed by atoms with Crippen LogP contribution in [0, 0.1) is 0 Å². The lowest BCUT2D eigenvalue weighted by Crippen LogP contribution is -3.00. The zero-order valence-electron chi connectivity index (χ0n) is 8.42. The Hall–Kier alpha value is -1.52. The molecule has 2 rings (SSSR count). The van der Waals surface area contributed by atoms with Gasteiger partial charge in [-0.1, -0.05) is 9.35 Å². The lowest BCUT2D eigenvalue weighted by atomic mass is 10.1. The molecule has 0 atom stereocenters. The van der Waals surface area contributed by atoms with E-state index in [4.69, 9.17) is 11.7 Å². The summed E-state index contributed by atoms with van der Waals surface area (Å²) in [5, 5.41) is 0. The van der Waals surface area contributed by atoms with E-state index in [1.165, 1.54) is 9.35 Å². The molecule has 4 nitrogen and oxygen atoms in total. The summed E-state index contributed by atoms with van der Waals surface area (Å²) >= 11 is 0. The fraction of sp³-hybridized carbons (Fsp3) is 0. The number of hydrogen-bond acceptors (Lipinski definition) is 2. The van der Waals surface area contributed by atoms with Crippen molar-refractivity contribution in [1.29, 1.82) is 0 Å². The Bertz CT molecular complexity index is 419. The largest absolute Gasteiger partial charge is 1.00 e. The lowest BCUT2D eigenvalue weighted by Gasteiger charge is -1.95. The van der Waals surface area contributed by atoms with Crippen molar-refractivity contribution in [2.24, 2.45) is 0 Å². The summed E-state index contributed by atoms with van der Waals surface area (Å²) in [4.78, 5) is 0. The summed E-state index contributed by atoms with van der Waals surface area (Å²) < 4.78 is 3.03. The molecule has 0 amide bonds. The highest BCUT2D eigenvalue weighted by Gasteiger charge is 2.05. The first-order valence-electron chi connectivity index (χ1n) is 4.29. The third-order valence-electron chi connectivity index (χ3n) is 1.98. The summed E-state index contributed by atoms with van der Waals surface area (Å²) in [7, 11) is 0. The Morgan fingerprint density at radius 2 is 1.12 bits per heavy atom. The molecular formula is C10H12Cl2N4. The number of nitrogen functional groups attached to an aromatic ring is 2. The quantitative estimate of drug-likeness (QED) is 0.395. The highest BCUT2D eigenvalue weighted by Crippen LogP contribution is 2.13. The summed E-state index contributed by atoms with van der Waals surface area (Å²) in [5.41, 5.74) is 2.07. The van der Waals surface area contributed by atoms with Crippen molar-refractivity contribution < 1.29 is 34.2 Å². The Morgan fingerprint density at radius 1 is 0.750 bits per heavy atom. The van der Waals surface area contributed by atoms with E-state index in [2.05, 4.69) is 0 Å². The zero-order valence-corrected chi connectivity index (χ0v) is 9.94. The molecule has 2 aromatic heterocycles. The topological polar surface area (TPSA) is 59.8 Å². The first-order chi connectivity index (χ1) is 6.75. The molecule has 0 spiro atoms. The number of halogens is 2. The van der Waals surface area contributed by atoms with Crippen molar-refractivity contribution in [2.45, 2.75) is 0 Å². The third-order valence-corrected chi connectivity index (χ3v) is 1.98. The van der Waals surface area contributed by atoms with Crippen molar-refractivity contribution in [3.05, 3.63) is 49.1 Å². The van der Waals surface area contributed by atoms with Gasteiger partial charge >= 0.3 is 0 Å². The molecule has 0 aromatic carbocycles. The van der Waals surface area contributed by atoms with Crippen LogP contribution in [0.15, 0.2) is 49.1 Å². The average molecular weight is 259 g/mol. The van der Waals surface area contributed by atoms with E-state index in [1.54, 1.807) is 12.4 Å². The molecule has 0 fully saturated rings. The van der Waals surface area contributed by atoms with Crippen LogP contribution in [0.25, 0.3) is 11.1 Å². The van der Waals surface area contributed by atoms with Gasteiger partial charge in [0.1, 0.15) is 0 Å². The number of pyridine rings is 2. The average Bonchev–Trinajstić information content (AvgIpc) is 2.18. The Kier molecular flexibility index (Phi) is 5.56. The van der Waals surface area contributed by atoms with E-state index >= 15 is 0 Å². The minimum Gasteiger partial charge on any atom is -1.00 e. The zero-order chi connectivity index (χ0) is 9.97. The van der Waals surface area contributed by atoms with Gasteiger partial charge in [-0.25, -0.2) is 11.7 Å². The molecule has 4 N–H and O–H groups in total. The molecule has 16 heavy (non-hydrogen) atoms. The molecule has 0 aliphatic carbocycles. The normalized spacial score (nSPS) is 8.75. The smallest absolute Gasteiger partial charge is 0.207 e. The van der Waals surface area contributed by atoms with E-state index in [9.17, 15) is 0 Å². The summed E-state index contributed by atoms with van der Waals surface area (Å²) in [6, 6.07) is 7.75. The maximum Gasteiger partial charge on any atom is 0.207 e. The van der Waals surface area contributed by atoms with Gasteiger partial charge in [-0.15, -0.1) is 0 Å². The van der Waals surface area contributed by atoms with Crippen molar-refractivity contribution in [2.75, 3.05) is 11.7 Å². The highest BCUT2D eigenvalue weighted by molar-refractivity contribution is 5.59. The third kappa shape index (κ3) is 3.25. The van der Waals surface area contributed by atoms with Gasteiger partial charge in [0, 0.05) is 12.1 Å². The number of aromatic nitrogens is 2. The molecule has 0 bridgehead atoms. The highest BCUT2D eigenvalue weighted by atomic mass is 35.5. The van der Waals surface area contributed by atoms with Gasteiger partial charge < -0.3 is 24.8 Å². The summed E-state index contributed by atoms with van der Waals surface area (Å²) in [5.74, 6) is 11.2. The van der Waals surface area contributed by atoms with Crippen molar-refractivity contribution >= 4 is 0 Å². The second-order valence-corrected chi connectivity index (χ2v) is 3.08. The van der Waals surface area contributed by atoms with Gasteiger partial charge in [-0.05, 0) is 12.1 Å². The monoisotopic (exact) mass is 258 g/mol. The maximum absolute atomic E-state index is 5.61. The molecule has 0 radical (unpaired) electrons. The number of nitrogens with two attached hydrogens (primary N) is 2. The standard InChI is InChI=1S/C10H12N4.2ClH/c11-13-5-1-3-9(7-13)10-4-2-6-14(12)8-10;;/h1-8H,11-12H2;2*1H/q+2;;/p-2. The molecule has 2 heterocycles. The minimum atomic E-state index is 0. The van der Waals surface area contributed by atoms with E-state index < -0.39 is 0 Å². The van der Waals surface area contributed by atoms with Crippen LogP contribution in [-0.4, -0.2) is 0 Å². The second-order valence-electron chi connectivity index (χ2n) is 3.08. The predicted octanol–water partition coefficient (Wildman–Crippen LogP) is -6.64. The minimum absolute atomic E-state index is 0. The van der Waals surface area contributed by atoms with Crippen molar-refractivity contribution in [3.63, 3.8) is 0 Å². The maximum atomic E-state index is 5.61. The van der Waals surface area contributed by atoms with E-state index in [0.29, 0.717) is 0 Å². The first-order valence-corrected chi connectivity index (χ1v) is 4.29. The van der Waals surface area contributed by atoms with Crippen LogP contribution in [0.4, 0.5) is 0 Å². The number of rotatable bonds is 1. The van der Waals surface area contributed by atoms with Crippen LogP contribution in [0.3, 0.4) is 0 Å². The Morgan fingerprint density at radius 3 is 1.44 bits per heavy atom. The molecular weight excluding hydrogens is 247 g/mol. The Balaban J connectivity index is 0.00000112. The van der Waals surface area contributed by atoms with Crippen LogP contribution in [0.1, 0.15) is 0 Å². The predicted molar refractivity (Wildman–Crippen MR) is 52.6 cm³/mol. The Labute approximate surface area is 106 Å². The van der Waals surface area contributed by atoms with Gasteiger partial charge in [0.2, 0.25) is 12.4 Å². The fourth-order valence-electron chi connectivity index (χ4n) is 1.33. The van der Waals surface area contributed by atoms with E-state index in [0.717, 1.165) is 11.1 Å². The molecule has 86 valence electrons. The van der Waals surface area contributed by atoms with Gasteiger partial charge in [0.15, 0.2) is 12.4 Å². The molecule has 0 unspecified atom stereocenters. The molecule has 2 aromatic rings. The first kappa shape index (κ1) is 14.5. The van der Waals surface area contributed by atoms with Gasteiger partial charge in [0.05, 0.1) is 11.1 Å². The number of nitrogens with zero attached hydrogens (tertiary/aromatic N) is 2. The molecule has 0 saturated heterocycles. The van der Waals surface area contributed by atoms with Gasteiger partial charge in [-0.3, -0.25) is 0 Å². The van der Waals surface area contributed by atoms with Crippen LogP contribution in [-0.2, 0) is 0 Å².